The third-order valence-corrected chi connectivity index (χ3v) is 10.1. The number of amides is 2. The topological polar surface area (TPSA) is 86.8 Å². The highest BCUT2D eigenvalue weighted by Crippen LogP contribution is 2.37. The van der Waals surface area contributed by atoms with Gasteiger partial charge in [0.1, 0.15) is 12.6 Å². The van der Waals surface area contributed by atoms with Crippen molar-refractivity contribution in [2.45, 2.75) is 43.4 Å². The number of hydrogen-bond acceptors (Lipinski definition) is 4. The largest absolute Gasteiger partial charge is 0.416 e. The molecule has 0 spiro atoms. The van der Waals surface area contributed by atoms with Gasteiger partial charge in [0, 0.05) is 19.5 Å². The lowest BCUT2D eigenvalue weighted by Gasteiger charge is -2.34. The smallest absolute Gasteiger partial charge is 0.354 e. The molecule has 7 nitrogen and oxygen atoms in total. The zero-order valence-corrected chi connectivity index (χ0v) is 28.6. The molecule has 2 amide bonds. The van der Waals surface area contributed by atoms with Crippen molar-refractivity contribution < 1.29 is 31.2 Å². The third-order valence-electron chi connectivity index (χ3n) is 7.31. The average molecular weight is 741 g/mol. The van der Waals surface area contributed by atoms with E-state index in [1.807, 2.05) is 6.92 Å². The zero-order valence-electron chi connectivity index (χ0n) is 25.6. The number of carbonyl (C=O) groups is 2. The Bertz CT molecular complexity index is 1850. The summed E-state index contributed by atoms with van der Waals surface area (Å²) in [5.74, 6) is -1.40. The van der Waals surface area contributed by atoms with Gasteiger partial charge in [0.2, 0.25) is 11.8 Å². The Morgan fingerprint density at radius 1 is 0.812 bits per heavy atom. The van der Waals surface area contributed by atoms with Crippen LogP contribution in [0.25, 0.3) is 0 Å². The molecule has 14 heteroatoms. The molecule has 0 saturated heterocycles. The van der Waals surface area contributed by atoms with E-state index in [4.69, 9.17) is 34.8 Å². The number of benzene rings is 4. The number of sulfonamides is 1. The average Bonchev–Trinajstić information content (AvgIpc) is 3.06. The molecule has 0 bridgehead atoms. The number of nitrogens with one attached hydrogen (secondary N) is 1. The molecular formula is C34H31Cl3F3N3O4S. The van der Waals surface area contributed by atoms with Gasteiger partial charge >= 0.3 is 6.18 Å². The first kappa shape index (κ1) is 37.1. The van der Waals surface area contributed by atoms with Gasteiger partial charge in [-0.25, -0.2) is 8.42 Å². The van der Waals surface area contributed by atoms with Crippen molar-refractivity contribution in [1.82, 2.24) is 10.2 Å². The van der Waals surface area contributed by atoms with E-state index in [-0.39, 0.29) is 32.9 Å². The summed E-state index contributed by atoms with van der Waals surface area (Å²) in [6.45, 7) is 0.942. The Hall–Kier alpha value is -3.77. The number of nitrogens with zero attached hydrogens (tertiary/aromatic N) is 2. The van der Waals surface area contributed by atoms with E-state index in [2.05, 4.69) is 5.32 Å². The summed E-state index contributed by atoms with van der Waals surface area (Å²) >= 11 is 18.7. The van der Waals surface area contributed by atoms with Crippen molar-refractivity contribution in [3.8, 4) is 0 Å². The third kappa shape index (κ3) is 9.22. The second-order valence-electron chi connectivity index (χ2n) is 10.8. The molecule has 4 rings (SSSR count). The molecular weight excluding hydrogens is 710 g/mol. The van der Waals surface area contributed by atoms with Crippen molar-refractivity contribution in [2.24, 2.45) is 0 Å². The van der Waals surface area contributed by atoms with E-state index < -0.39 is 51.9 Å². The van der Waals surface area contributed by atoms with Crippen molar-refractivity contribution in [2.75, 3.05) is 17.4 Å². The Balaban J connectivity index is 1.87. The molecule has 0 aromatic heterocycles. The maximum Gasteiger partial charge on any atom is 0.416 e. The van der Waals surface area contributed by atoms with Crippen molar-refractivity contribution >= 4 is 62.3 Å². The quantitative estimate of drug-likeness (QED) is 0.151. The lowest BCUT2D eigenvalue weighted by atomic mass is 10.0. The van der Waals surface area contributed by atoms with E-state index in [0.717, 1.165) is 6.07 Å². The van der Waals surface area contributed by atoms with Crippen LogP contribution in [-0.4, -0.2) is 44.3 Å². The highest BCUT2D eigenvalue weighted by molar-refractivity contribution is 7.92. The summed E-state index contributed by atoms with van der Waals surface area (Å²) < 4.78 is 70.2. The van der Waals surface area contributed by atoms with Gasteiger partial charge in [0.15, 0.2) is 0 Å². The summed E-state index contributed by atoms with van der Waals surface area (Å²) in [5, 5.41) is 2.90. The summed E-state index contributed by atoms with van der Waals surface area (Å²) in [4.78, 5) is 29.1. The van der Waals surface area contributed by atoms with Crippen molar-refractivity contribution in [3.63, 3.8) is 0 Å². The molecule has 0 aliphatic heterocycles. The van der Waals surface area contributed by atoms with Gasteiger partial charge in [-0.05, 0) is 60.0 Å². The minimum absolute atomic E-state index is 0.0409. The molecule has 0 fully saturated rings. The Morgan fingerprint density at radius 2 is 1.44 bits per heavy atom. The fraction of sp³-hybridized carbons (Fsp3) is 0.235. The van der Waals surface area contributed by atoms with Crippen LogP contribution in [0.3, 0.4) is 0 Å². The predicted molar refractivity (Wildman–Crippen MR) is 182 cm³/mol. The van der Waals surface area contributed by atoms with Gasteiger partial charge in [-0.2, -0.15) is 13.2 Å². The maximum absolute atomic E-state index is 14.5. The molecule has 0 heterocycles. The van der Waals surface area contributed by atoms with E-state index >= 15 is 0 Å². The molecule has 4 aromatic rings. The molecule has 254 valence electrons. The Kier molecular flexibility index (Phi) is 12.4. The van der Waals surface area contributed by atoms with Crippen molar-refractivity contribution in [1.29, 1.82) is 0 Å². The minimum Gasteiger partial charge on any atom is -0.354 e. The van der Waals surface area contributed by atoms with Crippen molar-refractivity contribution in [3.05, 3.63) is 129 Å². The lowest BCUT2D eigenvalue weighted by Crippen LogP contribution is -2.53. The van der Waals surface area contributed by atoms with Crippen LogP contribution in [0.1, 0.15) is 30.0 Å². The van der Waals surface area contributed by atoms with Crippen LogP contribution in [0.4, 0.5) is 18.9 Å². The fourth-order valence-corrected chi connectivity index (χ4v) is 6.90. The summed E-state index contributed by atoms with van der Waals surface area (Å²) in [6, 6.07) is 21.5. The molecule has 0 unspecified atom stereocenters. The van der Waals surface area contributed by atoms with Crippen LogP contribution in [-0.2, 0) is 38.8 Å². The van der Waals surface area contributed by atoms with Gasteiger partial charge in [0.05, 0.1) is 31.2 Å². The fourth-order valence-electron chi connectivity index (χ4n) is 4.87. The van der Waals surface area contributed by atoms with E-state index in [9.17, 15) is 31.2 Å². The number of halogens is 6. The molecule has 0 aliphatic rings. The van der Waals surface area contributed by atoms with Crippen LogP contribution in [0.5, 0.6) is 0 Å². The van der Waals surface area contributed by atoms with Gasteiger partial charge in [-0.15, -0.1) is 0 Å². The second kappa shape index (κ2) is 16.1. The normalized spacial score (nSPS) is 12.3. The lowest BCUT2D eigenvalue weighted by molar-refractivity contribution is -0.140. The van der Waals surface area contributed by atoms with Crippen LogP contribution in [0.15, 0.2) is 102 Å². The summed E-state index contributed by atoms with van der Waals surface area (Å²) in [7, 11) is -4.68. The summed E-state index contributed by atoms with van der Waals surface area (Å²) in [5.41, 5.74) is -0.561. The van der Waals surface area contributed by atoms with E-state index in [1.165, 1.54) is 41.3 Å². The first-order valence-corrected chi connectivity index (χ1v) is 17.3. The maximum atomic E-state index is 14.5. The molecule has 0 aliphatic carbocycles. The van der Waals surface area contributed by atoms with E-state index in [1.54, 1.807) is 42.5 Å². The molecule has 1 N–H and O–H groups in total. The predicted octanol–water partition coefficient (Wildman–Crippen LogP) is 8.03. The molecule has 4 aromatic carbocycles. The first-order valence-electron chi connectivity index (χ1n) is 14.7. The summed E-state index contributed by atoms with van der Waals surface area (Å²) in [6.07, 6.45) is -4.20. The van der Waals surface area contributed by atoms with Gasteiger partial charge in [0.25, 0.3) is 10.0 Å². The highest BCUT2D eigenvalue weighted by Gasteiger charge is 2.37. The molecule has 1 atom stereocenters. The highest BCUT2D eigenvalue weighted by atomic mass is 35.5. The van der Waals surface area contributed by atoms with E-state index in [0.29, 0.717) is 40.5 Å². The molecule has 48 heavy (non-hydrogen) atoms. The van der Waals surface area contributed by atoms with Crippen LogP contribution in [0, 0.1) is 0 Å². The Morgan fingerprint density at radius 3 is 2.04 bits per heavy atom. The molecule has 0 radical (unpaired) electrons. The second-order valence-corrected chi connectivity index (χ2v) is 13.8. The van der Waals surface area contributed by atoms with Crippen LogP contribution in [0.2, 0.25) is 15.1 Å². The number of anilines is 1. The van der Waals surface area contributed by atoms with Gasteiger partial charge in [-0.1, -0.05) is 96.3 Å². The zero-order chi connectivity index (χ0) is 35.1. The standard InChI is InChI=1S/C34H31Cl3F3N3O4S/c1-2-17-41-33(45)31(19-23-9-5-3-6-10-23)42(21-24-13-15-27(35)29(37)18-24)32(44)22-43(48(46,47)26-11-7-4-8-12-26)30-20-25(34(38,39)40)14-16-28(30)36/h3-16,18,20,31H,2,17,19,21-22H2,1H3,(H,41,45)/t31-/m1/s1. The number of alkyl halides is 3. The van der Waals surface area contributed by atoms with Gasteiger partial charge in [-0.3, -0.25) is 13.9 Å². The number of hydrogen-bond donors (Lipinski definition) is 1. The van der Waals surface area contributed by atoms with Crippen LogP contribution < -0.4 is 9.62 Å². The first-order chi connectivity index (χ1) is 22.7. The number of rotatable bonds is 13. The SMILES string of the molecule is CCCNC(=O)[C@@H](Cc1ccccc1)N(Cc1ccc(Cl)c(Cl)c1)C(=O)CN(c1cc(C(F)(F)F)ccc1Cl)S(=O)(=O)c1ccccc1. The minimum atomic E-state index is -4.84. The Labute approximate surface area is 292 Å². The van der Waals surface area contributed by atoms with Gasteiger partial charge < -0.3 is 10.2 Å². The van der Waals surface area contributed by atoms with Crippen LogP contribution >= 0.6 is 34.8 Å². The number of carbonyl (C=O) groups excluding carboxylic acids is 2. The monoisotopic (exact) mass is 739 g/mol. The molecule has 0 saturated carbocycles.